The summed E-state index contributed by atoms with van der Waals surface area (Å²) in [6, 6.07) is 9.02. The highest BCUT2D eigenvalue weighted by atomic mass is 16.3. The van der Waals surface area contributed by atoms with Gasteiger partial charge in [0.1, 0.15) is 0 Å². The van der Waals surface area contributed by atoms with Crippen molar-refractivity contribution < 1.29 is 9.90 Å². The summed E-state index contributed by atoms with van der Waals surface area (Å²) in [4.78, 5) is 17.0. The molecule has 1 heterocycles. The maximum Gasteiger partial charge on any atom is 0.227 e. The van der Waals surface area contributed by atoms with Crippen molar-refractivity contribution in [3.05, 3.63) is 35.4 Å². The maximum absolute atomic E-state index is 12.6. The van der Waals surface area contributed by atoms with Gasteiger partial charge in [-0.15, -0.1) is 0 Å². The lowest BCUT2D eigenvalue weighted by Gasteiger charge is -2.39. The molecule has 1 aromatic rings. The zero-order chi connectivity index (χ0) is 17.2. The van der Waals surface area contributed by atoms with Gasteiger partial charge < -0.3 is 10.0 Å². The van der Waals surface area contributed by atoms with Crippen molar-refractivity contribution >= 4 is 5.91 Å². The maximum atomic E-state index is 12.6. The molecule has 1 aliphatic heterocycles. The number of hydrogen-bond donors (Lipinski definition) is 1. The van der Waals surface area contributed by atoms with E-state index in [1.165, 1.54) is 24.8 Å². The first-order valence-electron chi connectivity index (χ1n) is 9.99. The molecule has 136 valence electrons. The number of aliphatic hydroxyl groups excluding tert-OH is 1. The first kappa shape index (κ1) is 17.0. The Balaban J connectivity index is 1.27. The predicted molar refractivity (Wildman–Crippen MR) is 98.5 cm³/mol. The van der Waals surface area contributed by atoms with Crippen molar-refractivity contribution in [3.8, 4) is 0 Å². The van der Waals surface area contributed by atoms with Gasteiger partial charge in [0.2, 0.25) is 5.91 Å². The van der Waals surface area contributed by atoms with Crippen LogP contribution in [0.4, 0.5) is 0 Å². The molecule has 3 aliphatic rings. The van der Waals surface area contributed by atoms with E-state index in [0.29, 0.717) is 12.5 Å². The van der Waals surface area contributed by atoms with Crippen LogP contribution in [0.2, 0.25) is 0 Å². The summed E-state index contributed by atoms with van der Waals surface area (Å²) in [5.74, 6) is 0.992. The van der Waals surface area contributed by atoms with E-state index in [2.05, 4.69) is 29.2 Å². The molecular weight excluding hydrogens is 312 g/mol. The van der Waals surface area contributed by atoms with Gasteiger partial charge >= 0.3 is 0 Å². The Kier molecular flexibility index (Phi) is 5.09. The standard InChI is InChI=1S/C21H30N2O2/c24-20-6-2-5-19(20)22-11-13-23(14-12-22)21(25)15-16-7-9-18(10-8-16)17-3-1-4-17/h7-10,17,19-20,24H,1-6,11-15H2/t19-,20-/m1/s1. The second-order valence-electron chi connectivity index (χ2n) is 8.03. The Morgan fingerprint density at radius 1 is 0.960 bits per heavy atom. The van der Waals surface area contributed by atoms with Crippen LogP contribution < -0.4 is 0 Å². The third-order valence-electron chi connectivity index (χ3n) is 6.49. The summed E-state index contributed by atoms with van der Waals surface area (Å²) in [6.45, 7) is 3.38. The summed E-state index contributed by atoms with van der Waals surface area (Å²) in [5, 5.41) is 10.1. The number of amides is 1. The molecule has 0 radical (unpaired) electrons. The number of rotatable bonds is 4. The van der Waals surface area contributed by atoms with Crippen LogP contribution in [0.1, 0.15) is 55.6 Å². The molecule has 2 aliphatic carbocycles. The molecule has 4 rings (SSSR count). The number of carbonyl (C=O) groups excluding carboxylic acids is 1. The van der Waals surface area contributed by atoms with Gasteiger partial charge in [-0.1, -0.05) is 30.7 Å². The van der Waals surface area contributed by atoms with Gasteiger partial charge in [-0.25, -0.2) is 0 Å². The molecule has 1 N–H and O–H groups in total. The Hall–Kier alpha value is -1.39. The molecule has 0 spiro atoms. The van der Waals surface area contributed by atoms with Crippen LogP contribution in [-0.4, -0.2) is 59.1 Å². The second-order valence-corrected chi connectivity index (χ2v) is 8.03. The number of nitrogens with zero attached hydrogens (tertiary/aromatic N) is 2. The molecular formula is C21H30N2O2. The van der Waals surface area contributed by atoms with Crippen LogP contribution in [0.5, 0.6) is 0 Å². The fourth-order valence-electron chi connectivity index (χ4n) is 4.59. The Bertz CT molecular complexity index is 588. The fraction of sp³-hybridized carbons (Fsp3) is 0.667. The topological polar surface area (TPSA) is 43.8 Å². The van der Waals surface area contributed by atoms with E-state index < -0.39 is 0 Å². The predicted octanol–water partition coefficient (Wildman–Crippen LogP) is 2.55. The molecule has 4 nitrogen and oxygen atoms in total. The van der Waals surface area contributed by atoms with Gasteiger partial charge in [-0.05, 0) is 49.1 Å². The lowest BCUT2D eigenvalue weighted by Crippen LogP contribution is -2.53. The normalized spacial score (nSPS) is 28.1. The van der Waals surface area contributed by atoms with Crippen LogP contribution in [0.3, 0.4) is 0 Å². The van der Waals surface area contributed by atoms with E-state index >= 15 is 0 Å². The largest absolute Gasteiger partial charge is 0.391 e. The first-order chi connectivity index (χ1) is 12.2. The van der Waals surface area contributed by atoms with Gasteiger partial charge in [0.25, 0.3) is 0 Å². The van der Waals surface area contributed by atoms with Crippen LogP contribution in [0.25, 0.3) is 0 Å². The van der Waals surface area contributed by atoms with Gasteiger partial charge in [0, 0.05) is 32.2 Å². The summed E-state index contributed by atoms with van der Waals surface area (Å²) < 4.78 is 0. The minimum atomic E-state index is -0.170. The highest BCUT2D eigenvalue weighted by Gasteiger charge is 2.33. The van der Waals surface area contributed by atoms with E-state index in [9.17, 15) is 9.90 Å². The monoisotopic (exact) mass is 342 g/mol. The molecule has 4 heteroatoms. The van der Waals surface area contributed by atoms with Crippen molar-refractivity contribution in [3.63, 3.8) is 0 Å². The minimum absolute atomic E-state index is 0.170. The third kappa shape index (κ3) is 3.75. The molecule has 25 heavy (non-hydrogen) atoms. The first-order valence-corrected chi connectivity index (χ1v) is 9.99. The number of aliphatic hydroxyl groups is 1. The quantitative estimate of drug-likeness (QED) is 0.914. The Morgan fingerprint density at radius 3 is 2.20 bits per heavy atom. The SMILES string of the molecule is O=C(Cc1ccc(C2CCC2)cc1)N1CCN([C@@H]2CCC[C@H]2O)CC1. The average Bonchev–Trinajstić information content (AvgIpc) is 3.01. The van der Waals surface area contributed by atoms with Crippen molar-refractivity contribution in [2.75, 3.05) is 26.2 Å². The van der Waals surface area contributed by atoms with Crippen molar-refractivity contribution in [2.45, 2.75) is 63.0 Å². The average molecular weight is 342 g/mol. The van der Waals surface area contributed by atoms with Crippen LogP contribution in [0, 0.1) is 0 Å². The highest BCUT2D eigenvalue weighted by molar-refractivity contribution is 5.78. The van der Waals surface area contributed by atoms with E-state index in [4.69, 9.17) is 0 Å². The van der Waals surface area contributed by atoms with E-state index in [-0.39, 0.29) is 12.0 Å². The van der Waals surface area contributed by atoms with Gasteiger partial charge in [0.15, 0.2) is 0 Å². The van der Waals surface area contributed by atoms with Gasteiger partial charge in [0.05, 0.1) is 12.5 Å². The fourth-order valence-corrected chi connectivity index (χ4v) is 4.59. The molecule has 1 amide bonds. The smallest absolute Gasteiger partial charge is 0.227 e. The minimum Gasteiger partial charge on any atom is -0.391 e. The molecule has 0 aromatic heterocycles. The zero-order valence-electron chi connectivity index (χ0n) is 15.1. The van der Waals surface area contributed by atoms with Crippen LogP contribution >= 0.6 is 0 Å². The van der Waals surface area contributed by atoms with Crippen LogP contribution in [-0.2, 0) is 11.2 Å². The molecule has 3 fully saturated rings. The summed E-state index contributed by atoms with van der Waals surface area (Å²) >= 11 is 0. The summed E-state index contributed by atoms with van der Waals surface area (Å²) in [7, 11) is 0. The molecule has 0 unspecified atom stereocenters. The van der Waals surface area contributed by atoms with Crippen molar-refractivity contribution in [1.82, 2.24) is 9.80 Å². The Labute approximate surface area is 150 Å². The lowest BCUT2D eigenvalue weighted by molar-refractivity contribution is -0.132. The van der Waals surface area contributed by atoms with Gasteiger partial charge in [-0.3, -0.25) is 9.69 Å². The van der Waals surface area contributed by atoms with E-state index in [1.54, 1.807) is 0 Å². The van der Waals surface area contributed by atoms with E-state index in [1.807, 2.05) is 4.90 Å². The number of hydrogen-bond acceptors (Lipinski definition) is 3. The van der Waals surface area contributed by atoms with E-state index in [0.717, 1.165) is 56.9 Å². The molecule has 1 saturated heterocycles. The number of carbonyl (C=O) groups is 1. The zero-order valence-corrected chi connectivity index (χ0v) is 15.1. The lowest BCUT2D eigenvalue weighted by atomic mass is 9.80. The molecule has 2 saturated carbocycles. The third-order valence-corrected chi connectivity index (χ3v) is 6.49. The Morgan fingerprint density at radius 2 is 1.64 bits per heavy atom. The second kappa shape index (κ2) is 7.46. The van der Waals surface area contributed by atoms with Crippen molar-refractivity contribution in [2.24, 2.45) is 0 Å². The van der Waals surface area contributed by atoms with Crippen molar-refractivity contribution in [1.29, 1.82) is 0 Å². The molecule has 2 atom stereocenters. The number of benzene rings is 1. The van der Waals surface area contributed by atoms with Gasteiger partial charge in [-0.2, -0.15) is 0 Å². The summed E-state index contributed by atoms with van der Waals surface area (Å²) in [6.07, 6.45) is 7.49. The molecule has 1 aromatic carbocycles. The summed E-state index contributed by atoms with van der Waals surface area (Å²) in [5.41, 5.74) is 2.56. The molecule has 0 bridgehead atoms. The number of piperazine rings is 1. The highest BCUT2D eigenvalue weighted by Crippen LogP contribution is 2.36. The van der Waals surface area contributed by atoms with Crippen LogP contribution in [0.15, 0.2) is 24.3 Å².